The summed E-state index contributed by atoms with van der Waals surface area (Å²) >= 11 is 1.73. The van der Waals surface area contributed by atoms with Gasteiger partial charge in [0.2, 0.25) is 11.8 Å². The van der Waals surface area contributed by atoms with Crippen LogP contribution in [0.25, 0.3) is 0 Å². The first kappa shape index (κ1) is 23.6. The summed E-state index contributed by atoms with van der Waals surface area (Å²) in [4.78, 5) is 65.3. The lowest BCUT2D eigenvalue weighted by molar-refractivity contribution is -0.225. The van der Waals surface area contributed by atoms with Crippen LogP contribution in [0, 0.1) is 10.8 Å². The molecule has 2 unspecified atom stereocenters. The van der Waals surface area contributed by atoms with E-state index in [1.165, 1.54) is 9.80 Å². The molecule has 4 fully saturated rings. The Morgan fingerprint density at radius 2 is 1.29 bits per heavy atom. The van der Waals surface area contributed by atoms with E-state index in [4.69, 9.17) is 0 Å². The topological polar surface area (TPSA) is 84.5 Å². The molecule has 1 saturated carbocycles. The molecule has 1 aliphatic carbocycles. The molecule has 4 aliphatic heterocycles. The highest BCUT2D eigenvalue weighted by Crippen LogP contribution is 2.65. The fourth-order valence-corrected chi connectivity index (χ4v) is 8.59. The third kappa shape index (κ3) is 2.64. The number of benzene rings is 2. The number of likely N-dealkylation sites (N-methyl/N-ethyl adjacent to an activating group) is 1. The number of urea groups is 2. The molecule has 4 heterocycles. The van der Waals surface area contributed by atoms with Gasteiger partial charge in [0.1, 0.15) is 0 Å². The number of anilines is 2. The average molecular weight is 532 g/mol. The average Bonchev–Trinajstić information content (AvgIpc) is 2.94. The van der Waals surface area contributed by atoms with Crippen molar-refractivity contribution in [2.24, 2.45) is 10.8 Å². The summed E-state index contributed by atoms with van der Waals surface area (Å²) in [5.74, 6) is -0.602. The van der Waals surface area contributed by atoms with Gasteiger partial charge in [-0.2, -0.15) is 0 Å². The first-order valence-corrected chi connectivity index (χ1v) is 13.9. The van der Waals surface area contributed by atoms with Gasteiger partial charge in [0, 0.05) is 43.0 Å². The Hall–Kier alpha value is -3.53. The van der Waals surface area contributed by atoms with Crippen molar-refractivity contribution >= 4 is 47.0 Å². The van der Waals surface area contributed by atoms with E-state index in [-0.39, 0.29) is 37.0 Å². The highest BCUT2D eigenvalue weighted by molar-refractivity contribution is 7.99. The summed E-state index contributed by atoms with van der Waals surface area (Å²) in [6.45, 7) is 4.86. The Bertz CT molecular complexity index is 1390. The summed E-state index contributed by atoms with van der Waals surface area (Å²) in [5, 5.41) is 0. The zero-order chi connectivity index (χ0) is 26.6. The van der Waals surface area contributed by atoms with Crippen molar-refractivity contribution in [1.29, 1.82) is 0 Å². The molecule has 0 N–H and O–H groups in total. The van der Waals surface area contributed by atoms with Crippen molar-refractivity contribution in [3.05, 3.63) is 48.5 Å². The third-order valence-electron chi connectivity index (χ3n) is 9.56. The predicted molar refractivity (Wildman–Crippen MR) is 141 cm³/mol. The van der Waals surface area contributed by atoms with E-state index in [9.17, 15) is 19.2 Å². The molecule has 4 atom stereocenters. The SMILES string of the molecule is CN1C(=O)N2CCCN3C(=O)N(CCN4c5ccccc5Sc5ccccc54)C4C1[C@@](C)(C2=O)[C@@]4(C)C3=O. The normalized spacial score (nSPS) is 31.5. The van der Waals surface area contributed by atoms with Crippen LogP contribution in [0.15, 0.2) is 58.3 Å². The Balaban J connectivity index is 1.30. The van der Waals surface area contributed by atoms with Crippen LogP contribution in [0.2, 0.25) is 0 Å². The molecule has 0 radical (unpaired) electrons. The highest BCUT2D eigenvalue weighted by atomic mass is 32.2. The van der Waals surface area contributed by atoms with E-state index < -0.39 is 22.9 Å². The Morgan fingerprint density at radius 3 is 1.89 bits per heavy atom. The maximum atomic E-state index is 13.9. The summed E-state index contributed by atoms with van der Waals surface area (Å²) in [7, 11) is 1.69. The van der Waals surface area contributed by atoms with E-state index in [1.54, 1.807) is 35.5 Å². The van der Waals surface area contributed by atoms with E-state index in [2.05, 4.69) is 29.2 Å². The van der Waals surface area contributed by atoms with Crippen LogP contribution in [0.3, 0.4) is 0 Å². The molecule has 0 spiro atoms. The molecule has 5 aliphatic rings. The van der Waals surface area contributed by atoms with Crippen LogP contribution in [0.1, 0.15) is 20.3 Å². The maximum Gasteiger partial charge on any atom is 0.327 e. The van der Waals surface area contributed by atoms with Crippen molar-refractivity contribution in [3.8, 4) is 0 Å². The zero-order valence-corrected chi connectivity index (χ0v) is 22.4. The van der Waals surface area contributed by atoms with Gasteiger partial charge in [0.05, 0.1) is 34.3 Å². The number of carbonyl (C=O) groups excluding carboxylic acids is 4. The lowest BCUT2D eigenvalue weighted by Gasteiger charge is -2.72. The van der Waals surface area contributed by atoms with Crippen molar-refractivity contribution in [1.82, 2.24) is 19.6 Å². The molecule has 6 amide bonds. The Kier molecular flexibility index (Phi) is 4.81. The molecule has 4 bridgehead atoms. The van der Waals surface area contributed by atoms with Crippen molar-refractivity contribution in [2.75, 3.05) is 38.1 Å². The van der Waals surface area contributed by atoms with Gasteiger partial charge in [-0.3, -0.25) is 19.4 Å². The van der Waals surface area contributed by atoms with Crippen LogP contribution in [-0.2, 0) is 9.59 Å². The number of hydrogen-bond donors (Lipinski definition) is 0. The van der Waals surface area contributed by atoms with Crippen molar-refractivity contribution < 1.29 is 19.2 Å². The van der Waals surface area contributed by atoms with Gasteiger partial charge in [-0.05, 0) is 44.5 Å². The molecular weight excluding hydrogens is 502 g/mol. The summed E-state index contributed by atoms with van der Waals surface area (Å²) in [5.41, 5.74) is -0.0692. The standard InChI is InChI=1S/C28H29N5O4S/c1-27-21-22-28(27,2)24(35)33(14-8-13-32(23(27)34)25(36)29(21)3)26(37)31(22)16-15-30-17-9-4-6-11-19(17)38-20-12-7-5-10-18(20)30/h4-7,9-12,21-22H,8,13-16H2,1-3H3/t21?,22?,27-,28+/m0/s1. The maximum absolute atomic E-state index is 13.9. The van der Waals surface area contributed by atoms with Gasteiger partial charge in [-0.1, -0.05) is 36.0 Å². The molecular formula is C28H29N5O4S. The van der Waals surface area contributed by atoms with Gasteiger partial charge in [-0.25, -0.2) is 9.59 Å². The van der Waals surface area contributed by atoms with E-state index in [0.717, 1.165) is 21.2 Å². The van der Waals surface area contributed by atoms with E-state index in [1.807, 2.05) is 31.2 Å². The number of rotatable bonds is 3. The van der Waals surface area contributed by atoms with E-state index >= 15 is 0 Å². The summed E-state index contributed by atoms with van der Waals surface area (Å²) < 4.78 is 0. The molecule has 0 aromatic heterocycles. The van der Waals surface area contributed by atoms with E-state index in [0.29, 0.717) is 19.5 Å². The molecule has 7 rings (SSSR count). The molecule has 10 heteroatoms. The molecule has 2 aromatic rings. The second kappa shape index (κ2) is 7.75. The first-order chi connectivity index (χ1) is 18.2. The second-order valence-electron chi connectivity index (χ2n) is 11.1. The lowest BCUT2D eigenvalue weighted by atomic mass is 9.41. The molecule has 38 heavy (non-hydrogen) atoms. The minimum atomic E-state index is -1.12. The number of amides is 6. The van der Waals surface area contributed by atoms with Crippen LogP contribution in [0.4, 0.5) is 21.0 Å². The fraction of sp³-hybridized carbons (Fsp3) is 0.429. The van der Waals surface area contributed by atoms with Gasteiger partial charge in [-0.15, -0.1) is 0 Å². The first-order valence-electron chi connectivity index (χ1n) is 13.1. The van der Waals surface area contributed by atoms with Gasteiger partial charge >= 0.3 is 12.1 Å². The van der Waals surface area contributed by atoms with Crippen LogP contribution >= 0.6 is 11.8 Å². The number of carbonyl (C=O) groups is 4. The predicted octanol–water partition coefficient (Wildman–Crippen LogP) is 3.61. The van der Waals surface area contributed by atoms with Crippen molar-refractivity contribution in [3.63, 3.8) is 0 Å². The number of imide groups is 2. The second-order valence-corrected chi connectivity index (χ2v) is 12.2. The molecule has 9 nitrogen and oxygen atoms in total. The van der Waals surface area contributed by atoms with Gasteiger partial charge in [0.25, 0.3) is 0 Å². The van der Waals surface area contributed by atoms with Gasteiger partial charge < -0.3 is 14.7 Å². The quantitative estimate of drug-likeness (QED) is 0.602. The largest absolute Gasteiger partial charge is 0.338 e. The molecule has 196 valence electrons. The zero-order valence-electron chi connectivity index (χ0n) is 21.6. The Morgan fingerprint density at radius 1 is 0.763 bits per heavy atom. The lowest BCUT2D eigenvalue weighted by Crippen LogP contribution is -2.90. The fourth-order valence-electron chi connectivity index (χ4n) is 7.49. The summed E-state index contributed by atoms with van der Waals surface area (Å²) in [6, 6.07) is 14.6. The van der Waals surface area contributed by atoms with Crippen LogP contribution in [0.5, 0.6) is 0 Å². The third-order valence-corrected chi connectivity index (χ3v) is 10.7. The summed E-state index contributed by atoms with van der Waals surface area (Å²) in [6.07, 6.45) is 0.363. The Labute approximate surface area is 225 Å². The minimum absolute atomic E-state index is 0.185. The molecule has 3 saturated heterocycles. The monoisotopic (exact) mass is 531 g/mol. The highest BCUT2D eigenvalue weighted by Gasteiger charge is 2.82. The molecule has 2 aromatic carbocycles. The number of para-hydroxylation sites is 2. The van der Waals surface area contributed by atoms with Crippen LogP contribution in [-0.4, -0.2) is 88.8 Å². The van der Waals surface area contributed by atoms with Gasteiger partial charge in [0.15, 0.2) is 0 Å². The smallest absolute Gasteiger partial charge is 0.327 e. The number of nitrogens with zero attached hydrogens (tertiary/aromatic N) is 5. The van der Waals surface area contributed by atoms with Crippen molar-refractivity contribution in [2.45, 2.75) is 42.1 Å². The number of hydrogen-bond acceptors (Lipinski definition) is 6. The number of fused-ring (bicyclic) bond motifs is 5. The van der Waals surface area contributed by atoms with Crippen LogP contribution < -0.4 is 4.90 Å². The minimum Gasteiger partial charge on any atom is -0.338 e.